The van der Waals surface area contributed by atoms with E-state index < -0.39 is 0 Å². The van der Waals surface area contributed by atoms with Crippen LogP contribution in [-0.2, 0) is 4.79 Å². The Morgan fingerprint density at radius 2 is 2.24 bits per heavy atom. The van der Waals surface area contributed by atoms with E-state index in [-0.39, 0.29) is 18.5 Å². The molecule has 2 fully saturated rings. The zero-order chi connectivity index (χ0) is 17.6. The summed E-state index contributed by atoms with van der Waals surface area (Å²) in [5, 5.41) is 14.6. The maximum atomic E-state index is 11.5. The lowest BCUT2D eigenvalue weighted by Crippen LogP contribution is -2.34. The molecule has 0 unspecified atom stereocenters. The minimum absolute atomic E-state index is 0.125. The molecule has 0 aromatic carbocycles. The fourth-order valence-corrected chi connectivity index (χ4v) is 3.23. The Kier molecular flexibility index (Phi) is 5.46. The van der Waals surface area contributed by atoms with Crippen LogP contribution in [0.4, 0.5) is 10.6 Å². The minimum atomic E-state index is -0.275. The second-order valence-corrected chi connectivity index (χ2v) is 6.44. The van der Waals surface area contributed by atoms with Crippen LogP contribution in [0.25, 0.3) is 0 Å². The molecule has 2 aliphatic heterocycles. The summed E-state index contributed by atoms with van der Waals surface area (Å²) in [6.07, 6.45) is 3.49. The second-order valence-electron chi connectivity index (χ2n) is 6.44. The monoisotopic (exact) mass is 342 g/mol. The van der Waals surface area contributed by atoms with Crippen molar-refractivity contribution in [2.75, 3.05) is 44.6 Å². The van der Waals surface area contributed by atoms with Gasteiger partial charge in [-0.25, -0.2) is 9.78 Å². The van der Waals surface area contributed by atoms with Crippen molar-refractivity contribution in [3.05, 3.63) is 23.9 Å². The van der Waals surface area contributed by atoms with E-state index in [1.807, 2.05) is 6.07 Å². The Hall–Kier alpha value is -2.66. The Balaban J connectivity index is 1.35. The van der Waals surface area contributed by atoms with Crippen LogP contribution < -0.4 is 10.6 Å². The minimum Gasteiger partial charge on any atom is -0.370 e. The van der Waals surface area contributed by atoms with Crippen molar-refractivity contribution in [2.24, 2.45) is 5.92 Å². The van der Waals surface area contributed by atoms with Crippen LogP contribution in [0.15, 0.2) is 18.3 Å². The molecular weight excluding hydrogens is 320 g/mol. The van der Waals surface area contributed by atoms with Crippen LogP contribution in [0.2, 0.25) is 0 Å². The molecule has 1 atom stereocenters. The molecule has 0 radical (unpaired) electrons. The highest BCUT2D eigenvalue weighted by Crippen LogP contribution is 2.17. The van der Waals surface area contributed by atoms with E-state index in [4.69, 9.17) is 5.26 Å². The van der Waals surface area contributed by atoms with Crippen LogP contribution in [-0.4, -0.2) is 66.0 Å². The lowest BCUT2D eigenvalue weighted by molar-refractivity contribution is -0.125. The summed E-state index contributed by atoms with van der Waals surface area (Å²) in [4.78, 5) is 30.9. The van der Waals surface area contributed by atoms with E-state index in [9.17, 15) is 9.59 Å². The van der Waals surface area contributed by atoms with Gasteiger partial charge in [-0.1, -0.05) is 0 Å². The third-order valence-electron chi connectivity index (χ3n) is 4.63. The highest BCUT2D eigenvalue weighted by molar-refractivity contribution is 6.01. The fraction of sp³-hybridized carbons (Fsp3) is 0.529. The first kappa shape index (κ1) is 17.2. The van der Waals surface area contributed by atoms with Gasteiger partial charge in [0.1, 0.15) is 11.9 Å². The number of rotatable bonds is 7. The second kappa shape index (κ2) is 7.94. The predicted molar refractivity (Wildman–Crippen MR) is 91.7 cm³/mol. The zero-order valence-corrected chi connectivity index (χ0v) is 14.1. The van der Waals surface area contributed by atoms with E-state index in [0.717, 1.165) is 44.8 Å². The molecule has 3 amide bonds. The molecule has 1 aromatic rings. The van der Waals surface area contributed by atoms with E-state index in [1.165, 1.54) is 4.90 Å². The number of urea groups is 1. The summed E-state index contributed by atoms with van der Waals surface area (Å²) in [5.41, 5.74) is 0.558. The average molecular weight is 342 g/mol. The maximum Gasteiger partial charge on any atom is 0.324 e. The summed E-state index contributed by atoms with van der Waals surface area (Å²) in [5.74, 6) is 1.20. The molecule has 2 saturated heterocycles. The molecule has 0 bridgehead atoms. The molecule has 25 heavy (non-hydrogen) atoms. The van der Waals surface area contributed by atoms with Gasteiger partial charge in [0.05, 0.1) is 12.1 Å². The topological polar surface area (TPSA) is 101 Å². The smallest absolute Gasteiger partial charge is 0.324 e. The SMILES string of the molecule is N#Cc1ccc(NC[C@@H]2CCN(CCCN3C(=O)CNC3=O)C2)nc1. The predicted octanol–water partition coefficient (Wildman–Crippen LogP) is 0.629. The number of anilines is 1. The van der Waals surface area contributed by atoms with Gasteiger partial charge >= 0.3 is 6.03 Å². The zero-order valence-electron chi connectivity index (χ0n) is 14.1. The maximum absolute atomic E-state index is 11.5. The summed E-state index contributed by atoms with van der Waals surface area (Å²) in [6, 6.07) is 5.36. The number of carbonyl (C=O) groups excluding carboxylic acids is 2. The van der Waals surface area contributed by atoms with Crippen molar-refractivity contribution in [1.82, 2.24) is 20.1 Å². The highest BCUT2D eigenvalue weighted by atomic mass is 16.2. The Morgan fingerprint density at radius 1 is 1.36 bits per heavy atom. The third kappa shape index (κ3) is 4.45. The Labute approximate surface area is 146 Å². The number of carbonyl (C=O) groups is 2. The van der Waals surface area contributed by atoms with Gasteiger partial charge in [0.25, 0.3) is 0 Å². The number of hydrogen-bond donors (Lipinski definition) is 2. The van der Waals surface area contributed by atoms with Gasteiger partial charge in [-0.3, -0.25) is 9.69 Å². The van der Waals surface area contributed by atoms with Crippen molar-refractivity contribution in [3.63, 3.8) is 0 Å². The molecule has 2 aliphatic rings. The lowest BCUT2D eigenvalue weighted by atomic mass is 10.1. The number of aromatic nitrogens is 1. The largest absolute Gasteiger partial charge is 0.370 e. The average Bonchev–Trinajstić information content (AvgIpc) is 3.21. The standard InChI is InChI=1S/C17H22N6O2/c18-8-13-2-3-15(19-9-13)20-10-14-4-7-22(12-14)5-1-6-23-16(24)11-21-17(23)25/h2-3,9,14H,1,4-7,10-12H2,(H,19,20)(H,21,25)/t14-/m0/s1. The third-order valence-corrected chi connectivity index (χ3v) is 4.63. The van der Waals surface area contributed by atoms with E-state index in [0.29, 0.717) is 18.0 Å². The van der Waals surface area contributed by atoms with Crippen molar-refractivity contribution in [3.8, 4) is 6.07 Å². The van der Waals surface area contributed by atoms with E-state index >= 15 is 0 Å². The number of nitrogens with one attached hydrogen (secondary N) is 2. The molecule has 1 aromatic heterocycles. The first-order chi connectivity index (χ1) is 12.2. The van der Waals surface area contributed by atoms with Crippen LogP contribution in [0.5, 0.6) is 0 Å². The normalized spacial score (nSPS) is 20.6. The van der Waals surface area contributed by atoms with Gasteiger partial charge in [0.2, 0.25) is 5.91 Å². The molecule has 132 valence electrons. The van der Waals surface area contributed by atoms with E-state index in [1.54, 1.807) is 12.3 Å². The summed E-state index contributed by atoms with van der Waals surface area (Å²) >= 11 is 0. The number of imide groups is 1. The number of nitriles is 1. The van der Waals surface area contributed by atoms with Gasteiger partial charge in [0.15, 0.2) is 0 Å². The fourth-order valence-electron chi connectivity index (χ4n) is 3.23. The Bertz CT molecular complexity index is 653. The number of hydrogen-bond acceptors (Lipinski definition) is 6. The molecule has 3 rings (SSSR count). The number of amides is 3. The molecule has 0 aliphatic carbocycles. The number of likely N-dealkylation sites (tertiary alicyclic amines) is 1. The summed E-state index contributed by atoms with van der Waals surface area (Å²) < 4.78 is 0. The summed E-state index contributed by atoms with van der Waals surface area (Å²) in [7, 11) is 0. The van der Waals surface area contributed by atoms with Crippen LogP contribution in [0.1, 0.15) is 18.4 Å². The Morgan fingerprint density at radius 3 is 2.92 bits per heavy atom. The molecule has 2 N–H and O–H groups in total. The van der Waals surface area contributed by atoms with Gasteiger partial charge in [-0.2, -0.15) is 5.26 Å². The molecule has 0 saturated carbocycles. The molecule has 8 heteroatoms. The molecular formula is C17H22N6O2. The van der Waals surface area contributed by atoms with Gasteiger partial charge in [0, 0.05) is 25.8 Å². The van der Waals surface area contributed by atoms with Crippen molar-refractivity contribution in [1.29, 1.82) is 5.26 Å². The van der Waals surface area contributed by atoms with Crippen LogP contribution >= 0.6 is 0 Å². The van der Waals surface area contributed by atoms with Crippen LogP contribution in [0.3, 0.4) is 0 Å². The first-order valence-corrected chi connectivity index (χ1v) is 8.56. The number of nitrogens with zero attached hydrogens (tertiary/aromatic N) is 4. The lowest BCUT2D eigenvalue weighted by Gasteiger charge is -2.18. The molecule has 3 heterocycles. The summed E-state index contributed by atoms with van der Waals surface area (Å²) in [6.45, 7) is 4.39. The van der Waals surface area contributed by atoms with Crippen LogP contribution in [0, 0.1) is 17.2 Å². The van der Waals surface area contributed by atoms with Crippen molar-refractivity contribution < 1.29 is 9.59 Å². The first-order valence-electron chi connectivity index (χ1n) is 8.56. The van der Waals surface area contributed by atoms with Gasteiger partial charge in [-0.05, 0) is 44.0 Å². The number of pyridine rings is 1. The van der Waals surface area contributed by atoms with E-state index in [2.05, 4.69) is 26.6 Å². The quantitative estimate of drug-likeness (QED) is 0.705. The van der Waals surface area contributed by atoms with Gasteiger partial charge in [-0.15, -0.1) is 0 Å². The van der Waals surface area contributed by atoms with Crippen molar-refractivity contribution >= 4 is 17.8 Å². The molecule has 8 nitrogen and oxygen atoms in total. The van der Waals surface area contributed by atoms with Crippen molar-refractivity contribution in [2.45, 2.75) is 12.8 Å². The van der Waals surface area contributed by atoms with Gasteiger partial charge < -0.3 is 15.5 Å². The highest BCUT2D eigenvalue weighted by Gasteiger charge is 2.28. The molecule has 0 spiro atoms.